The van der Waals surface area contributed by atoms with Gasteiger partial charge in [0.1, 0.15) is 34.7 Å². The number of ether oxygens (including phenoxy) is 3. The van der Waals surface area contributed by atoms with E-state index < -0.39 is 23.8 Å². The minimum atomic E-state index is -1.06. The van der Waals surface area contributed by atoms with Crippen LogP contribution in [-0.2, 0) is 4.79 Å². The van der Waals surface area contributed by atoms with Crippen LogP contribution >= 0.6 is 0 Å². The number of esters is 1. The van der Waals surface area contributed by atoms with Crippen LogP contribution in [0.15, 0.2) is 70.5 Å². The van der Waals surface area contributed by atoms with E-state index in [-0.39, 0.29) is 23.0 Å². The summed E-state index contributed by atoms with van der Waals surface area (Å²) in [5, 5.41) is 9.58. The van der Waals surface area contributed by atoms with Gasteiger partial charge >= 0.3 is 5.97 Å². The summed E-state index contributed by atoms with van der Waals surface area (Å²) in [5.41, 5.74) is 6.83. The molecule has 3 aromatic rings. The average molecular weight is 434 g/mol. The van der Waals surface area contributed by atoms with Gasteiger partial charge in [-0.05, 0) is 44.2 Å². The molecule has 1 aliphatic rings. The fourth-order valence-corrected chi connectivity index (χ4v) is 3.38. The minimum Gasteiger partial charge on any atom is -0.476 e. The highest BCUT2D eigenvalue weighted by Gasteiger charge is 2.33. The minimum absolute atomic E-state index is 0.0516. The maximum Gasteiger partial charge on any atom is 0.352 e. The van der Waals surface area contributed by atoms with Gasteiger partial charge in [-0.15, -0.1) is 0 Å². The maximum atomic E-state index is 13.8. The number of aryl methyl sites for hydroxylation is 1. The van der Waals surface area contributed by atoms with Gasteiger partial charge in [-0.2, -0.15) is 5.26 Å². The van der Waals surface area contributed by atoms with E-state index in [2.05, 4.69) is 6.07 Å². The van der Waals surface area contributed by atoms with Crippen molar-refractivity contribution in [3.8, 4) is 23.3 Å². The summed E-state index contributed by atoms with van der Waals surface area (Å²) in [7, 11) is 0. The van der Waals surface area contributed by atoms with E-state index in [0.717, 1.165) is 0 Å². The van der Waals surface area contributed by atoms with E-state index in [1.165, 1.54) is 31.2 Å². The number of hydrogen-bond acceptors (Lipinski definition) is 7. The number of benzene rings is 2. The van der Waals surface area contributed by atoms with Crippen molar-refractivity contribution in [1.82, 2.24) is 0 Å². The van der Waals surface area contributed by atoms with E-state index in [1.54, 1.807) is 37.3 Å². The van der Waals surface area contributed by atoms with Crippen LogP contribution in [0.5, 0.6) is 17.2 Å². The number of carbonyl (C=O) groups excluding carboxylic acids is 1. The standard InChI is InChI=1S/C24H19FN2O5/c1-13-7-10-20(29-13)22-16-9-8-15(11-21(16)32-23(27)17(22)12-26)31-24(28)14(2)30-19-6-4-3-5-18(19)25/h3-11,14,22H,27H2,1-2H3. The molecule has 1 aliphatic heterocycles. The van der Waals surface area contributed by atoms with Crippen molar-refractivity contribution in [2.24, 2.45) is 5.73 Å². The molecule has 162 valence electrons. The predicted octanol–water partition coefficient (Wildman–Crippen LogP) is 4.32. The molecular formula is C24H19FN2O5. The number of fused-ring (bicyclic) bond motifs is 1. The molecule has 2 N–H and O–H groups in total. The van der Waals surface area contributed by atoms with Crippen molar-refractivity contribution in [3.05, 3.63) is 89.0 Å². The summed E-state index contributed by atoms with van der Waals surface area (Å²) in [6, 6.07) is 16.2. The van der Waals surface area contributed by atoms with E-state index in [4.69, 9.17) is 24.4 Å². The predicted molar refractivity (Wildman–Crippen MR) is 111 cm³/mol. The molecule has 2 unspecified atom stereocenters. The lowest BCUT2D eigenvalue weighted by molar-refractivity contribution is -0.141. The van der Waals surface area contributed by atoms with Crippen LogP contribution in [0.25, 0.3) is 0 Å². The molecule has 0 spiro atoms. The molecule has 32 heavy (non-hydrogen) atoms. The lowest BCUT2D eigenvalue weighted by atomic mass is 9.87. The Balaban J connectivity index is 1.57. The molecule has 2 aromatic carbocycles. The molecule has 2 atom stereocenters. The molecular weight excluding hydrogens is 415 g/mol. The zero-order valence-corrected chi connectivity index (χ0v) is 17.3. The van der Waals surface area contributed by atoms with Gasteiger partial charge in [0.25, 0.3) is 0 Å². The zero-order valence-electron chi connectivity index (χ0n) is 17.3. The van der Waals surface area contributed by atoms with E-state index in [1.807, 2.05) is 0 Å². The van der Waals surface area contributed by atoms with Crippen molar-refractivity contribution >= 4 is 5.97 Å². The summed E-state index contributed by atoms with van der Waals surface area (Å²) < 4.78 is 35.8. The van der Waals surface area contributed by atoms with Crippen molar-refractivity contribution < 1.29 is 27.8 Å². The number of carbonyl (C=O) groups is 1. The third kappa shape index (κ3) is 4.01. The number of nitriles is 1. The van der Waals surface area contributed by atoms with Crippen molar-refractivity contribution in [1.29, 1.82) is 5.26 Å². The lowest BCUT2D eigenvalue weighted by Gasteiger charge is -2.25. The Morgan fingerprint density at radius 2 is 2.00 bits per heavy atom. The first-order valence-electron chi connectivity index (χ1n) is 9.78. The van der Waals surface area contributed by atoms with Crippen LogP contribution in [0.3, 0.4) is 0 Å². The topological polar surface area (TPSA) is 108 Å². The highest BCUT2D eigenvalue weighted by atomic mass is 19.1. The van der Waals surface area contributed by atoms with E-state index in [0.29, 0.717) is 22.8 Å². The molecule has 8 heteroatoms. The van der Waals surface area contributed by atoms with Gasteiger partial charge in [-0.3, -0.25) is 0 Å². The molecule has 4 rings (SSSR count). The second kappa shape index (κ2) is 8.47. The second-order valence-corrected chi connectivity index (χ2v) is 7.18. The zero-order chi connectivity index (χ0) is 22.8. The molecule has 1 aromatic heterocycles. The van der Waals surface area contributed by atoms with Gasteiger partial charge in [0.05, 0.1) is 5.92 Å². The number of nitrogens with two attached hydrogens (primary N) is 1. The number of para-hydroxylation sites is 1. The number of halogens is 1. The third-order valence-corrected chi connectivity index (χ3v) is 4.93. The molecule has 0 aliphatic carbocycles. The Morgan fingerprint density at radius 1 is 1.22 bits per heavy atom. The molecule has 0 saturated heterocycles. The summed E-state index contributed by atoms with van der Waals surface area (Å²) in [6.07, 6.45) is -1.06. The molecule has 0 amide bonds. The number of furan rings is 1. The van der Waals surface area contributed by atoms with Crippen LogP contribution in [0.2, 0.25) is 0 Å². The highest BCUT2D eigenvalue weighted by Crippen LogP contribution is 2.43. The number of nitrogens with zero attached hydrogens (tertiary/aromatic N) is 1. The first-order chi connectivity index (χ1) is 15.4. The maximum absolute atomic E-state index is 13.8. The van der Waals surface area contributed by atoms with Crippen LogP contribution in [0, 0.1) is 24.1 Å². The molecule has 7 nitrogen and oxygen atoms in total. The van der Waals surface area contributed by atoms with Gasteiger partial charge in [0.2, 0.25) is 5.88 Å². The fourth-order valence-electron chi connectivity index (χ4n) is 3.38. The average Bonchev–Trinajstić information content (AvgIpc) is 3.20. The van der Waals surface area contributed by atoms with Gasteiger partial charge in [0, 0.05) is 11.6 Å². The van der Waals surface area contributed by atoms with E-state index >= 15 is 0 Å². The fraction of sp³-hybridized carbons (Fsp3) is 0.167. The monoisotopic (exact) mass is 434 g/mol. The number of hydrogen-bond donors (Lipinski definition) is 1. The third-order valence-electron chi connectivity index (χ3n) is 4.93. The normalized spacial score (nSPS) is 15.9. The van der Waals surface area contributed by atoms with Gasteiger partial charge < -0.3 is 24.4 Å². The van der Waals surface area contributed by atoms with Crippen molar-refractivity contribution in [2.75, 3.05) is 0 Å². The quantitative estimate of drug-likeness (QED) is 0.471. The molecule has 0 bridgehead atoms. The van der Waals surface area contributed by atoms with Crippen LogP contribution < -0.4 is 19.9 Å². The first-order valence-corrected chi connectivity index (χ1v) is 9.78. The summed E-state index contributed by atoms with van der Waals surface area (Å²) in [5.74, 6) is -0.212. The summed E-state index contributed by atoms with van der Waals surface area (Å²) in [4.78, 5) is 12.4. The Bertz CT molecular complexity index is 1260. The summed E-state index contributed by atoms with van der Waals surface area (Å²) >= 11 is 0. The summed E-state index contributed by atoms with van der Waals surface area (Å²) in [6.45, 7) is 3.26. The van der Waals surface area contributed by atoms with Gasteiger partial charge in [-0.1, -0.05) is 18.2 Å². The van der Waals surface area contributed by atoms with Crippen LogP contribution in [0.4, 0.5) is 4.39 Å². The lowest BCUT2D eigenvalue weighted by Crippen LogP contribution is -2.28. The smallest absolute Gasteiger partial charge is 0.352 e. The molecule has 0 radical (unpaired) electrons. The largest absolute Gasteiger partial charge is 0.476 e. The highest BCUT2D eigenvalue weighted by molar-refractivity contribution is 5.77. The van der Waals surface area contributed by atoms with E-state index in [9.17, 15) is 14.4 Å². The molecule has 0 fully saturated rings. The van der Waals surface area contributed by atoms with Gasteiger partial charge in [-0.25, -0.2) is 9.18 Å². The van der Waals surface area contributed by atoms with Crippen LogP contribution in [-0.4, -0.2) is 12.1 Å². The molecule has 2 heterocycles. The Labute approximate surface area is 183 Å². The van der Waals surface area contributed by atoms with Crippen LogP contribution in [0.1, 0.15) is 29.9 Å². The Kier molecular flexibility index (Phi) is 5.56. The first kappa shape index (κ1) is 21.0. The molecule has 0 saturated carbocycles. The van der Waals surface area contributed by atoms with Crippen molar-refractivity contribution in [2.45, 2.75) is 25.9 Å². The van der Waals surface area contributed by atoms with Crippen molar-refractivity contribution in [3.63, 3.8) is 0 Å². The van der Waals surface area contributed by atoms with Gasteiger partial charge in [0.15, 0.2) is 17.7 Å². The number of allylic oxidation sites excluding steroid dienone is 1. The second-order valence-electron chi connectivity index (χ2n) is 7.18. The SMILES string of the molecule is Cc1ccc(C2C(C#N)=C(N)Oc3cc(OC(=O)C(C)Oc4ccccc4F)ccc32)o1. The number of rotatable bonds is 5. The Morgan fingerprint density at radius 3 is 2.69 bits per heavy atom. The Hall–Kier alpha value is -4.25.